The summed E-state index contributed by atoms with van der Waals surface area (Å²) in [6.07, 6.45) is 1.20. The summed E-state index contributed by atoms with van der Waals surface area (Å²) in [5.41, 5.74) is 0. The third-order valence-electron chi connectivity index (χ3n) is 3.02. The molecule has 0 aromatic carbocycles. The van der Waals surface area contributed by atoms with Gasteiger partial charge in [0.05, 0.1) is 0 Å². The second-order valence-electron chi connectivity index (χ2n) is 4.24. The zero-order valence-electron chi connectivity index (χ0n) is 10.8. The van der Waals surface area contributed by atoms with Crippen LogP contribution >= 0.6 is 0 Å². The van der Waals surface area contributed by atoms with Gasteiger partial charge in [-0.3, -0.25) is 4.79 Å². The first-order chi connectivity index (χ1) is 9.48. The molecule has 2 N–H and O–H groups in total. The molecule has 20 heavy (non-hydrogen) atoms. The zero-order chi connectivity index (χ0) is 14.8. The Balaban J connectivity index is 2.41. The molecule has 1 unspecified atom stereocenters. The van der Waals surface area contributed by atoms with Gasteiger partial charge < -0.3 is 10.6 Å². The van der Waals surface area contributed by atoms with Crippen molar-refractivity contribution in [3.63, 3.8) is 0 Å². The molecular weight excluding hydrogens is 287 g/mol. The van der Waals surface area contributed by atoms with E-state index in [4.69, 9.17) is 0 Å². The first-order valence-electron chi connectivity index (χ1n) is 6.03. The Labute approximate surface area is 116 Å². The first-order valence-corrected chi connectivity index (χ1v) is 7.47. The van der Waals surface area contributed by atoms with Crippen LogP contribution in [0.3, 0.4) is 0 Å². The minimum absolute atomic E-state index is 0.0798. The quantitative estimate of drug-likeness (QED) is 0.742. The molecule has 9 heteroatoms. The fourth-order valence-electron chi connectivity index (χ4n) is 2.04. The normalized spacial score (nSPS) is 20.6. The van der Waals surface area contributed by atoms with Gasteiger partial charge in [-0.1, -0.05) is 0 Å². The molecule has 0 saturated carbocycles. The van der Waals surface area contributed by atoms with Gasteiger partial charge in [0.1, 0.15) is 6.04 Å². The second kappa shape index (κ2) is 5.81. The molecular formula is C11H15FN4O3S. The number of aromatic nitrogens is 1. The highest BCUT2D eigenvalue weighted by Gasteiger charge is 2.39. The Morgan fingerprint density at radius 3 is 3.00 bits per heavy atom. The van der Waals surface area contributed by atoms with Gasteiger partial charge in [-0.15, -0.1) is 0 Å². The van der Waals surface area contributed by atoms with E-state index in [9.17, 15) is 17.6 Å². The smallest absolute Gasteiger partial charge is 0.264 e. The van der Waals surface area contributed by atoms with Gasteiger partial charge in [0.15, 0.2) is 5.82 Å². The lowest BCUT2D eigenvalue weighted by molar-refractivity contribution is -0.124. The van der Waals surface area contributed by atoms with E-state index in [-0.39, 0.29) is 13.1 Å². The molecule has 110 valence electrons. The summed E-state index contributed by atoms with van der Waals surface area (Å²) in [6, 6.07) is 1.42. The van der Waals surface area contributed by atoms with Gasteiger partial charge >= 0.3 is 0 Å². The van der Waals surface area contributed by atoms with Crippen molar-refractivity contribution < 1.29 is 17.6 Å². The number of pyridine rings is 1. The number of nitrogens with one attached hydrogen (secondary N) is 2. The summed E-state index contributed by atoms with van der Waals surface area (Å²) in [7, 11) is -2.73. The number of hydrogen-bond acceptors (Lipinski definition) is 5. The number of carbonyl (C=O) groups is 1. The standard InChI is InChI=1S/C11H15FN4O3S/c1-13-10(17)9-7-14-5-6-16(9)20(18,19)11-8(12)3-2-4-15-11/h2-4,9,14H,5-7H2,1H3,(H,13,17). The fraction of sp³-hybridized carbons (Fsp3) is 0.455. The van der Waals surface area contributed by atoms with Crippen LogP contribution in [0.2, 0.25) is 0 Å². The lowest BCUT2D eigenvalue weighted by atomic mass is 10.2. The summed E-state index contributed by atoms with van der Waals surface area (Å²) < 4.78 is 39.6. The van der Waals surface area contributed by atoms with Crippen molar-refractivity contribution in [2.24, 2.45) is 0 Å². The monoisotopic (exact) mass is 302 g/mol. The van der Waals surface area contributed by atoms with Crippen LogP contribution in [0, 0.1) is 5.82 Å². The second-order valence-corrected chi connectivity index (χ2v) is 6.05. The van der Waals surface area contributed by atoms with E-state index in [1.165, 1.54) is 19.3 Å². The molecule has 0 bridgehead atoms. The van der Waals surface area contributed by atoms with E-state index in [0.717, 1.165) is 10.4 Å². The maximum absolute atomic E-state index is 13.7. The van der Waals surface area contributed by atoms with Crippen molar-refractivity contribution in [2.45, 2.75) is 11.1 Å². The number of halogens is 1. The van der Waals surface area contributed by atoms with Gasteiger partial charge in [-0.25, -0.2) is 17.8 Å². The molecule has 0 spiro atoms. The van der Waals surface area contributed by atoms with Crippen LogP contribution in [0.1, 0.15) is 0 Å². The molecule has 1 aliphatic rings. The molecule has 2 heterocycles. The van der Waals surface area contributed by atoms with Crippen molar-refractivity contribution in [2.75, 3.05) is 26.7 Å². The summed E-state index contributed by atoms with van der Waals surface area (Å²) >= 11 is 0. The van der Waals surface area contributed by atoms with Gasteiger partial charge in [0.2, 0.25) is 10.9 Å². The number of amides is 1. The van der Waals surface area contributed by atoms with Crippen LogP contribution in [-0.2, 0) is 14.8 Å². The number of carbonyl (C=O) groups excluding carboxylic acids is 1. The Kier molecular flexibility index (Phi) is 4.31. The summed E-state index contributed by atoms with van der Waals surface area (Å²) in [5, 5.41) is 4.68. The van der Waals surface area contributed by atoms with Crippen molar-refractivity contribution in [3.8, 4) is 0 Å². The number of hydrogen-bond donors (Lipinski definition) is 2. The molecule has 1 atom stereocenters. The molecule has 0 radical (unpaired) electrons. The average molecular weight is 302 g/mol. The Morgan fingerprint density at radius 1 is 1.60 bits per heavy atom. The molecule has 0 aliphatic carbocycles. The summed E-state index contributed by atoms with van der Waals surface area (Å²) in [6.45, 7) is 0.644. The van der Waals surface area contributed by atoms with Crippen molar-refractivity contribution in [1.29, 1.82) is 0 Å². The predicted octanol–water partition coefficient (Wildman–Crippen LogP) is -1.07. The van der Waals surface area contributed by atoms with E-state index in [0.29, 0.717) is 6.54 Å². The van der Waals surface area contributed by atoms with Crippen LogP contribution in [0.5, 0.6) is 0 Å². The third kappa shape index (κ3) is 2.65. The van der Waals surface area contributed by atoms with E-state index >= 15 is 0 Å². The summed E-state index contributed by atoms with van der Waals surface area (Å²) in [5.74, 6) is -1.38. The molecule has 1 aliphatic heterocycles. The Hall–Kier alpha value is -1.58. The number of likely N-dealkylation sites (N-methyl/N-ethyl adjacent to an activating group) is 1. The Bertz CT molecular complexity index is 607. The minimum atomic E-state index is -4.15. The largest absolute Gasteiger partial charge is 0.358 e. The van der Waals surface area contributed by atoms with Crippen molar-refractivity contribution >= 4 is 15.9 Å². The molecule has 7 nitrogen and oxygen atoms in total. The van der Waals surface area contributed by atoms with Crippen LogP contribution in [0.15, 0.2) is 23.4 Å². The Morgan fingerprint density at radius 2 is 2.35 bits per heavy atom. The number of sulfonamides is 1. The zero-order valence-corrected chi connectivity index (χ0v) is 11.7. The maximum Gasteiger partial charge on any atom is 0.264 e. The lowest BCUT2D eigenvalue weighted by Gasteiger charge is -2.33. The fourth-order valence-corrected chi connectivity index (χ4v) is 3.60. The average Bonchev–Trinajstić information content (AvgIpc) is 2.46. The first kappa shape index (κ1) is 14.8. The molecule has 2 rings (SSSR count). The molecule has 1 aromatic heterocycles. The van der Waals surface area contributed by atoms with Gasteiger partial charge in [-0.2, -0.15) is 4.31 Å². The van der Waals surface area contributed by atoms with Crippen LogP contribution in [-0.4, -0.2) is 56.3 Å². The molecule has 1 amide bonds. The predicted molar refractivity (Wildman–Crippen MR) is 68.8 cm³/mol. The highest BCUT2D eigenvalue weighted by atomic mass is 32.2. The maximum atomic E-state index is 13.7. The third-order valence-corrected chi connectivity index (χ3v) is 4.86. The van der Waals surface area contributed by atoms with E-state index in [1.54, 1.807) is 0 Å². The SMILES string of the molecule is CNC(=O)C1CNCCN1S(=O)(=O)c1ncccc1F. The lowest BCUT2D eigenvalue weighted by Crippen LogP contribution is -2.59. The molecule has 1 fully saturated rings. The number of piperazine rings is 1. The van der Waals surface area contributed by atoms with Crippen molar-refractivity contribution in [3.05, 3.63) is 24.1 Å². The van der Waals surface area contributed by atoms with E-state index < -0.39 is 32.8 Å². The van der Waals surface area contributed by atoms with E-state index in [2.05, 4.69) is 15.6 Å². The molecule has 1 saturated heterocycles. The van der Waals surface area contributed by atoms with Crippen molar-refractivity contribution in [1.82, 2.24) is 19.9 Å². The highest BCUT2D eigenvalue weighted by Crippen LogP contribution is 2.20. The van der Waals surface area contributed by atoms with Gasteiger partial charge in [0, 0.05) is 32.9 Å². The summed E-state index contributed by atoms with van der Waals surface area (Å²) in [4.78, 5) is 15.4. The van der Waals surface area contributed by atoms with Gasteiger partial charge in [-0.05, 0) is 12.1 Å². The minimum Gasteiger partial charge on any atom is -0.358 e. The van der Waals surface area contributed by atoms with Gasteiger partial charge in [0.25, 0.3) is 10.0 Å². The highest BCUT2D eigenvalue weighted by molar-refractivity contribution is 7.89. The van der Waals surface area contributed by atoms with Crippen LogP contribution < -0.4 is 10.6 Å². The molecule has 1 aromatic rings. The number of nitrogens with zero attached hydrogens (tertiary/aromatic N) is 2. The van der Waals surface area contributed by atoms with Crippen LogP contribution in [0.25, 0.3) is 0 Å². The van der Waals surface area contributed by atoms with E-state index in [1.807, 2.05) is 0 Å². The topological polar surface area (TPSA) is 91.4 Å². The van der Waals surface area contributed by atoms with Crippen LogP contribution in [0.4, 0.5) is 4.39 Å². The number of rotatable bonds is 3.